The molecule has 109 heavy (non-hydrogen) atoms. The molecule has 7 nitrogen and oxygen atoms in total. The SMILES string of the molecule is CC(C)(C)c1ccc(N2c3ccc(C(C)(C)C)cc3B3c4cc(C(C)(C)C)ccc4N(c4ccc(C(C)(C)C)cc4)c4cc(N(c5ccccc5)c5ccccc5)cc2c43)cc1.c1ccc(C2CCC3C(C2)B2C4CC(c5ccccc5)CCC4N4C5CCCCC5OC5CC6OC7CCCCC7N3C6C2C54)cc1. The third-order valence-electron chi connectivity index (χ3n) is 29.0. The molecule has 6 heterocycles. The van der Waals surface area contributed by atoms with Gasteiger partial charge in [-0.05, 0) is 238 Å². The number of rotatable bonds is 7. The molecule has 0 spiro atoms. The summed E-state index contributed by atoms with van der Waals surface area (Å²) in [6, 6.07) is 87.2. The van der Waals surface area contributed by atoms with Crippen molar-refractivity contribution in [2.75, 3.05) is 14.7 Å². The zero-order chi connectivity index (χ0) is 74.6. The first-order chi connectivity index (χ1) is 52.6. The van der Waals surface area contributed by atoms with Crippen molar-refractivity contribution < 1.29 is 9.47 Å². The van der Waals surface area contributed by atoms with E-state index in [2.05, 4.69) is 326 Å². The van der Waals surface area contributed by atoms with Gasteiger partial charge in [-0.25, -0.2) is 0 Å². The highest BCUT2D eigenvalue weighted by Crippen LogP contribution is 2.67. The Bertz CT molecular complexity index is 4480. The van der Waals surface area contributed by atoms with Gasteiger partial charge in [-0.1, -0.05) is 254 Å². The Morgan fingerprint density at radius 3 is 1.11 bits per heavy atom. The molecule has 0 radical (unpaired) electrons. The number of para-hydroxylation sites is 2. The number of hydrogen-bond acceptors (Lipinski definition) is 7. The Labute approximate surface area is 653 Å². The molecule has 0 amide bonds. The van der Waals surface area contributed by atoms with Crippen molar-refractivity contribution in [2.45, 2.75) is 291 Å². The lowest BCUT2D eigenvalue weighted by atomic mass is 9.17. The summed E-state index contributed by atoms with van der Waals surface area (Å²) in [5.74, 6) is 3.70. The van der Waals surface area contributed by atoms with E-state index in [0.717, 1.165) is 65.3 Å². The molecule has 9 aromatic carbocycles. The van der Waals surface area contributed by atoms with E-state index in [1.54, 1.807) is 11.1 Å². The number of nitrogens with zero attached hydrogens (tertiary/aromatic N) is 5. The predicted octanol–water partition coefficient (Wildman–Crippen LogP) is 22.9. The van der Waals surface area contributed by atoms with Gasteiger partial charge in [-0.3, -0.25) is 9.80 Å². The second-order valence-corrected chi connectivity index (χ2v) is 39.3. The van der Waals surface area contributed by atoms with Crippen molar-refractivity contribution in [3.05, 3.63) is 252 Å². The summed E-state index contributed by atoms with van der Waals surface area (Å²) in [5, 5.41) is 0. The van der Waals surface area contributed by atoms with E-state index in [4.69, 9.17) is 9.47 Å². The molecule has 9 aromatic rings. The Morgan fingerprint density at radius 2 is 0.716 bits per heavy atom. The van der Waals surface area contributed by atoms with Crippen LogP contribution in [0.2, 0.25) is 17.5 Å². The highest BCUT2D eigenvalue weighted by atomic mass is 16.5. The van der Waals surface area contributed by atoms with Gasteiger partial charge in [-0.2, -0.15) is 0 Å². The van der Waals surface area contributed by atoms with Gasteiger partial charge in [0.2, 0.25) is 0 Å². The van der Waals surface area contributed by atoms with Crippen molar-refractivity contribution in [3.63, 3.8) is 0 Å². The lowest BCUT2D eigenvalue weighted by Crippen LogP contribution is -2.82. The van der Waals surface area contributed by atoms with E-state index >= 15 is 0 Å². The van der Waals surface area contributed by atoms with E-state index in [0.29, 0.717) is 66.2 Å². The molecule has 14 atom stereocenters. The molecule has 0 N–H and O–H groups in total. The maximum atomic E-state index is 7.38. The summed E-state index contributed by atoms with van der Waals surface area (Å²) >= 11 is 0. The smallest absolute Gasteiger partial charge is 0.252 e. The number of fused-ring (bicyclic) bond motifs is 14. The van der Waals surface area contributed by atoms with Crippen molar-refractivity contribution in [1.29, 1.82) is 0 Å². The van der Waals surface area contributed by atoms with Gasteiger partial charge >= 0.3 is 0 Å². The average Bonchev–Trinajstić information content (AvgIpc) is 0.682. The van der Waals surface area contributed by atoms with Crippen molar-refractivity contribution in [3.8, 4) is 0 Å². The summed E-state index contributed by atoms with van der Waals surface area (Å²) in [6.45, 7) is 28.6. The number of hydrogen-bond donors (Lipinski definition) is 0. The lowest BCUT2D eigenvalue weighted by molar-refractivity contribution is -0.258. The quantitative estimate of drug-likeness (QED) is 0.147. The monoisotopic (exact) mass is 1440 g/mol. The molecular formula is C100H117B2N5O2. The standard InChI is InChI=1S/C58H62BN3.C42H55BN2O2/c1-55(2,3)39-23-29-45(30-24-39)61-50-33-27-41(57(7,8)9)35-48(50)59-49-36-42(58(10,11)12)28-34-51(49)62(46-31-25-40(26-32-46)56(4,5)6)53-38-47(37-52(61)54(53)59)60(43-19-15-13-16-20-43)44-21-17-14-18-22-44;1-3-11-26(12-4-1)28-19-21-32-30(23-28)43-31-24-29(27-13-5-2-6-14-27)20-22-33(31)45-35-16-8-10-18-37(35)47-39-25-38-41(40(43)42(39)45)44(32)34-15-7-9-17-36(34)46-38/h13-38H,1-12H3;1-6,11-14,28-42H,7-10,15-25H2. The van der Waals surface area contributed by atoms with Crippen LogP contribution in [-0.4, -0.2) is 83.9 Å². The van der Waals surface area contributed by atoms with E-state index in [9.17, 15) is 0 Å². The summed E-state index contributed by atoms with van der Waals surface area (Å²) < 4.78 is 14.8. The predicted molar refractivity (Wildman–Crippen MR) is 458 cm³/mol. The molecule has 20 rings (SSSR count). The number of anilines is 9. The van der Waals surface area contributed by atoms with E-state index in [1.807, 2.05) is 0 Å². The Morgan fingerprint density at radius 1 is 0.339 bits per heavy atom. The first kappa shape index (κ1) is 71.6. The number of benzene rings is 9. The molecular weight excluding hydrogens is 1320 g/mol. The van der Waals surface area contributed by atoms with Crippen LogP contribution in [0.1, 0.15) is 225 Å². The largest absolute Gasteiger partial charge is 0.372 e. The summed E-state index contributed by atoms with van der Waals surface area (Å²) in [5.41, 5.74) is 23.0. The van der Waals surface area contributed by atoms with Crippen LogP contribution in [0.3, 0.4) is 0 Å². The van der Waals surface area contributed by atoms with E-state index in [-0.39, 0.29) is 28.4 Å². The zero-order valence-electron chi connectivity index (χ0n) is 67.3. The second kappa shape index (κ2) is 27.6. The fourth-order valence-electron chi connectivity index (χ4n) is 24.0. The molecule has 14 unspecified atom stereocenters. The Hall–Kier alpha value is -7.65. The highest BCUT2D eigenvalue weighted by molar-refractivity contribution is 7.00. The second-order valence-electron chi connectivity index (χ2n) is 39.3. The van der Waals surface area contributed by atoms with Crippen LogP contribution < -0.4 is 31.1 Å². The van der Waals surface area contributed by atoms with Crippen LogP contribution in [0.25, 0.3) is 0 Å². The van der Waals surface area contributed by atoms with Crippen LogP contribution >= 0.6 is 0 Å². The third-order valence-corrected chi connectivity index (χ3v) is 29.0. The lowest BCUT2D eigenvalue weighted by Gasteiger charge is -2.74. The first-order valence-corrected chi connectivity index (χ1v) is 42.7. The van der Waals surface area contributed by atoms with Crippen LogP contribution in [0, 0.1) is 0 Å². The minimum Gasteiger partial charge on any atom is -0.372 e. The summed E-state index contributed by atoms with van der Waals surface area (Å²) in [7, 11) is 0. The van der Waals surface area contributed by atoms with Crippen LogP contribution in [0.5, 0.6) is 0 Å². The highest BCUT2D eigenvalue weighted by Gasteiger charge is 2.71. The molecule has 6 aliphatic heterocycles. The van der Waals surface area contributed by atoms with Crippen molar-refractivity contribution in [1.82, 2.24) is 9.80 Å². The zero-order valence-corrected chi connectivity index (χ0v) is 67.3. The minimum atomic E-state index is -0.0291. The molecule has 560 valence electrons. The Balaban J connectivity index is 0.000000153. The topological polar surface area (TPSA) is 34.7 Å². The maximum absolute atomic E-state index is 7.38. The molecule has 4 saturated heterocycles. The normalized spacial score (nSPS) is 28.8. The van der Waals surface area contributed by atoms with E-state index < -0.39 is 0 Å². The van der Waals surface area contributed by atoms with Crippen LogP contribution in [0.4, 0.5) is 51.2 Å². The maximum Gasteiger partial charge on any atom is 0.252 e. The molecule has 11 aliphatic rings. The fourth-order valence-corrected chi connectivity index (χ4v) is 24.0. The van der Waals surface area contributed by atoms with E-state index in [1.165, 1.54) is 151 Å². The molecule has 9 fully saturated rings. The molecule has 5 aliphatic carbocycles. The molecule has 0 aromatic heterocycles. The van der Waals surface area contributed by atoms with Gasteiger partial charge < -0.3 is 24.2 Å². The minimum absolute atomic E-state index is 0.000692. The summed E-state index contributed by atoms with van der Waals surface area (Å²) in [4.78, 5) is 14.0. The first-order valence-electron chi connectivity index (χ1n) is 42.7. The van der Waals surface area contributed by atoms with Gasteiger partial charge in [0.25, 0.3) is 6.71 Å². The van der Waals surface area contributed by atoms with Crippen molar-refractivity contribution >= 4 is 81.0 Å². The van der Waals surface area contributed by atoms with Crippen LogP contribution in [-0.2, 0) is 31.1 Å². The summed E-state index contributed by atoms with van der Waals surface area (Å²) in [6.07, 6.45) is 21.8. The van der Waals surface area contributed by atoms with Gasteiger partial charge in [0.1, 0.15) is 0 Å². The molecule has 5 saturated carbocycles. The Kier molecular flexibility index (Phi) is 18.2. The van der Waals surface area contributed by atoms with Crippen LogP contribution in [0.15, 0.2) is 218 Å². The molecule has 0 bridgehead atoms. The number of ether oxygens (including phenoxy) is 2. The number of morpholine rings is 2. The average molecular weight is 1440 g/mol. The van der Waals surface area contributed by atoms with Gasteiger partial charge in [0.15, 0.2) is 6.71 Å². The molecule has 9 heteroatoms. The third kappa shape index (κ3) is 12.5. The fraction of sp³-hybridized carbons (Fsp3) is 0.460. The van der Waals surface area contributed by atoms with Gasteiger partial charge in [0.05, 0.1) is 30.1 Å². The van der Waals surface area contributed by atoms with Gasteiger partial charge in [0, 0.05) is 88.2 Å². The van der Waals surface area contributed by atoms with Crippen molar-refractivity contribution in [2.24, 2.45) is 0 Å². The van der Waals surface area contributed by atoms with Gasteiger partial charge in [-0.15, -0.1) is 0 Å².